The van der Waals surface area contributed by atoms with Crippen molar-refractivity contribution in [2.75, 3.05) is 20.2 Å². The van der Waals surface area contributed by atoms with Crippen LogP contribution < -0.4 is 4.74 Å². The molecular weight excluding hydrogens is 304 g/mol. The van der Waals surface area contributed by atoms with Crippen LogP contribution in [0.3, 0.4) is 0 Å². The van der Waals surface area contributed by atoms with Gasteiger partial charge in [0.1, 0.15) is 5.75 Å². The second kappa shape index (κ2) is 6.72. The number of halogens is 3. The summed E-state index contributed by atoms with van der Waals surface area (Å²) in [6, 6.07) is 7.23. The molecular formula is C13H14BrF2NO. The standard InChI is InChI=1S/C13H14BrF2NO/c1-3-8-17(10-13(14,15)16)9-11-4-6-12(18-2)7-5-11/h1,4-7H,8-10H2,2H3. The van der Waals surface area contributed by atoms with Gasteiger partial charge in [-0.25, -0.2) is 0 Å². The van der Waals surface area contributed by atoms with Crippen molar-refractivity contribution in [3.8, 4) is 18.1 Å². The summed E-state index contributed by atoms with van der Waals surface area (Å²) in [5, 5.41) is 0. The molecule has 0 saturated carbocycles. The van der Waals surface area contributed by atoms with Gasteiger partial charge in [0.25, 0.3) is 0 Å². The quantitative estimate of drug-likeness (QED) is 0.590. The summed E-state index contributed by atoms with van der Waals surface area (Å²) < 4.78 is 30.8. The zero-order chi connectivity index (χ0) is 13.6. The van der Waals surface area contributed by atoms with E-state index in [2.05, 4.69) is 21.9 Å². The fraction of sp³-hybridized carbons (Fsp3) is 0.385. The normalized spacial score (nSPS) is 11.3. The van der Waals surface area contributed by atoms with E-state index in [0.29, 0.717) is 6.54 Å². The average molecular weight is 318 g/mol. The lowest BCUT2D eigenvalue weighted by atomic mass is 10.2. The van der Waals surface area contributed by atoms with Crippen LogP contribution in [0.15, 0.2) is 24.3 Å². The maximum atomic E-state index is 12.9. The van der Waals surface area contributed by atoms with Crippen LogP contribution in [0, 0.1) is 12.3 Å². The zero-order valence-corrected chi connectivity index (χ0v) is 11.6. The number of hydrogen-bond donors (Lipinski definition) is 0. The van der Waals surface area contributed by atoms with Crippen molar-refractivity contribution in [3.63, 3.8) is 0 Å². The largest absolute Gasteiger partial charge is 0.497 e. The van der Waals surface area contributed by atoms with Gasteiger partial charge in [0.15, 0.2) is 0 Å². The summed E-state index contributed by atoms with van der Waals surface area (Å²) in [4.78, 5) is -1.44. The van der Waals surface area contributed by atoms with Crippen molar-refractivity contribution in [1.82, 2.24) is 4.90 Å². The molecule has 1 aromatic carbocycles. The average Bonchev–Trinajstić information content (AvgIpc) is 2.28. The Morgan fingerprint density at radius 1 is 1.39 bits per heavy atom. The molecule has 1 rings (SSSR count). The van der Waals surface area contributed by atoms with E-state index in [-0.39, 0.29) is 6.54 Å². The molecule has 0 radical (unpaired) electrons. The fourth-order valence-electron chi connectivity index (χ4n) is 1.54. The second-order valence-corrected chi connectivity index (χ2v) is 4.97. The zero-order valence-electron chi connectivity index (χ0n) is 10.00. The molecule has 2 nitrogen and oxygen atoms in total. The van der Waals surface area contributed by atoms with E-state index in [0.717, 1.165) is 11.3 Å². The van der Waals surface area contributed by atoms with Crippen molar-refractivity contribution >= 4 is 15.9 Å². The number of alkyl halides is 3. The van der Waals surface area contributed by atoms with Crippen molar-refractivity contribution in [1.29, 1.82) is 0 Å². The molecule has 0 aliphatic heterocycles. The van der Waals surface area contributed by atoms with E-state index in [1.54, 1.807) is 19.2 Å². The minimum atomic E-state index is -2.93. The third kappa shape index (κ3) is 5.48. The highest BCUT2D eigenvalue weighted by Crippen LogP contribution is 2.23. The Bertz CT molecular complexity index is 408. The molecule has 0 atom stereocenters. The van der Waals surface area contributed by atoms with Gasteiger partial charge in [-0.1, -0.05) is 18.1 Å². The maximum Gasteiger partial charge on any atom is 0.313 e. The van der Waals surface area contributed by atoms with Crippen LogP contribution in [0.1, 0.15) is 5.56 Å². The lowest BCUT2D eigenvalue weighted by molar-refractivity contribution is 0.0645. The van der Waals surface area contributed by atoms with Crippen molar-refractivity contribution < 1.29 is 13.5 Å². The van der Waals surface area contributed by atoms with Crippen LogP contribution in [0.25, 0.3) is 0 Å². The highest BCUT2D eigenvalue weighted by Gasteiger charge is 2.27. The highest BCUT2D eigenvalue weighted by atomic mass is 79.9. The monoisotopic (exact) mass is 317 g/mol. The summed E-state index contributed by atoms with van der Waals surface area (Å²) in [5.74, 6) is 3.11. The topological polar surface area (TPSA) is 12.5 Å². The number of methoxy groups -OCH3 is 1. The van der Waals surface area contributed by atoms with Crippen LogP contribution in [0.2, 0.25) is 0 Å². The Labute approximate surface area is 114 Å². The number of ether oxygens (including phenoxy) is 1. The molecule has 0 N–H and O–H groups in total. The second-order valence-electron chi connectivity index (χ2n) is 3.81. The minimum absolute atomic E-state index is 0.174. The number of rotatable bonds is 6. The van der Waals surface area contributed by atoms with Gasteiger partial charge in [-0.05, 0) is 33.6 Å². The van der Waals surface area contributed by atoms with Gasteiger partial charge < -0.3 is 4.74 Å². The van der Waals surface area contributed by atoms with Crippen molar-refractivity contribution in [3.05, 3.63) is 29.8 Å². The number of nitrogens with zero attached hydrogens (tertiary/aromatic N) is 1. The SMILES string of the molecule is C#CCN(Cc1ccc(OC)cc1)CC(F)(F)Br. The third-order valence-electron chi connectivity index (χ3n) is 2.28. The Hall–Kier alpha value is -1.12. The van der Waals surface area contributed by atoms with Gasteiger partial charge in [0, 0.05) is 6.54 Å². The predicted molar refractivity (Wildman–Crippen MR) is 71.0 cm³/mol. The first-order valence-corrected chi connectivity index (χ1v) is 6.09. The van der Waals surface area contributed by atoms with Crippen LogP contribution >= 0.6 is 15.9 Å². The van der Waals surface area contributed by atoms with Gasteiger partial charge in [-0.2, -0.15) is 8.78 Å². The molecule has 0 fully saturated rings. The molecule has 0 bridgehead atoms. The van der Waals surface area contributed by atoms with E-state index in [1.165, 1.54) is 4.90 Å². The number of terminal acetylenes is 1. The van der Waals surface area contributed by atoms with E-state index in [4.69, 9.17) is 11.2 Å². The lowest BCUT2D eigenvalue weighted by Crippen LogP contribution is -2.33. The van der Waals surface area contributed by atoms with Gasteiger partial charge in [0.2, 0.25) is 0 Å². The summed E-state index contributed by atoms with van der Waals surface area (Å²) in [6.07, 6.45) is 5.18. The van der Waals surface area contributed by atoms with E-state index >= 15 is 0 Å². The molecule has 0 amide bonds. The van der Waals surface area contributed by atoms with E-state index < -0.39 is 11.4 Å². The van der Waals surface area contributed by atoms with E-state index in [1.807, 2.05) is 12.1 Å². The summed E-state index contributed by atoms with van der Waals surface area (Å²) in [5.41, 5.74) is 0.905. The first kappa shape index (κ1) is 14.9. The molecule has 0 aromatic heterocycles. The molecule has 0 heterocycles. The van der Waals surface area contributed by atoms with Crippen LogP contribution in [0.5, 0.6) is 5.75 Å². The van der Waals surface area contributed by atoms with E-state index in [9.17, 15) is 8.78 Å². The Morgan fingerprint density at radius 3 is 2.44 bits per heavy atom. The summed E-state index contributed by atoms with van der Waals surface area (Å²) >= 11 is 2.32. The molecule has 18 heavy (non-hydrogen) atoms. The first-order chi connectivity index (χ1) is 8.44. The third-order valence-corrected chi connectivity index (χ3v) is 2.53. The fourth-order valence-corrected chi connectivity index (χ4v) is 1.89. The van der Waals surface area contributed by atoms with Crippen LogP contribution in [0.4, 0.5) is 8.78 Å². The Morgan fingerprint density at radius 2 is 2.00 bits per heavy atom. The molecule has 0 aliphatic rings. The minimum Gasteiger partial charge on any atom is -0.497 e. The van der Waals surface area contributed by atoms with Gasteiger partial charge >= 0.3 is 4.83 Å². The van der Waals surface area contributed by atoms with Crippen molar-refractivity contribution in [2.24, 2.45) is 0 Å². The molecule has 0 aliphatic carbocycles. The Balaban J connectivity index is 2.67. The summed E-state index contributed by atoms with van der Waals surface area (Å²) in [6.45, 7) is 0.117. The molecule has 0 saturated heterocycles. The smallest absolute Gasteiger partial charge is 0.313 e. The molecule has 98 valence electrons. The van der Waals surface area contributed by atoms with Crippen LogP contribution in [-0.2, 0) is 6.54 Å². The number of hydrogen-bond acceptors (Lipinski definition) is 2. The van der Waals surface area contributed by atoms with Crippen molar-refractivity contribution in [2.45, 2.75) is 11.4 Å². The lowest BCUT2D eigenvalue weighted by Gasteiger charge is -2.22. The predicted octanol–water partition coefficient (Wildman–Crippen LogP) is 3.12. The molecule has 0 spiro atoms. The maximum absolute atomic E-state index is 12.9. The first-order valence-electron chi connectivity index (χ1n) is 5.30. The highest BCUT2D eigenvalue weighted by molar-refractivity contribution is 9.10. The molecule has 5 heteroatoms. The van der Waals surface area contributed by atoms with Crippen LogP contribution in [-0.4, -0.2) is 29.9 Å². The number of benzene rings is 1. The molecule has 0 unspecified atom stereocenters. The summed E-state index contributed by atoms with van der Waals surface area (Å²) in [7, 11) is 1.57. The van der Waals surface area contributed by atoms with Gasteiger partial charge in [-0.15, -0.1) is 6.42 Å². The van der Waals surface area contributed by atoms with Gasteiger partial charge in [-0.3, -0.25) is 4.90 Å². The van der Waals surface area contributed by atoms with Gasteiger partial charge in [0.05, 0.1) is 20.2 Å². The molecule has 1 aromatic rings. The Kier molecular flexibility index (Phi) is 5.57.